The maximum Gasteiger partial charge on any atom is 0.159 e. The molecular weight excluding hydrogens is 286 g/mol. The highest BCUT2D eigenvalue weighted by Gasteiger charge is 2.10. The molecule has 0 saturated carbocycles. The Labute approximate surface area is 125 Å². The smallest absolute Gasteiger partial charge is 0.159 e. The van der Waals surface area contributed by atoms with Crippen LogP contribution in [0.4, 0.5) is 8.78 Å². The van der Waals surface area contributed by atoms with Crippen LogP contribution in [0.25, 0.3) is 11.3 Å². The minimum atomic E-state index is -0.920. The summed E-state index contributed by atoms with van der Waals surface area (Å²) in [6, 6.07) is 12.8. The Morgan fingerprint density at radius 3 is 2.73 bits per heavy atom. The van der Waals surface area contributed by atoms with E-state index in [0.29, 0.717) is 23.4 Å². The predicted octanol–water partition coefficient (Wildman–Crippen LogP) is 3.14. The molecule has 0 bridgehead atoms. The van der Waals surface area contributed by atoms with E-state index in [9.17, 15) is 8.78 Å². The fourth-order valence-corrected chi connectivity index (χ4v) is 2.17. The molecule has 1 aromatic heterocycles. The van der Waals surface area contributed by atoms with Gasteiger partial charge in [0.2, 0.25) is 0 Å². The average Bonchev–Trinajstić information content (AvgIpc) is 2.98. The molecule has 0 radical (unpaired) electrons. The number of benzene rings is 2. The third-order valence-corrected chi connectivity index (χ3v) is 3.22. The average molecular weight is 296 g/mol. The van der Waals surface area contributed by atoms with Crippen molar-refractivity contribution in [3.63, 3.8) is 0 Å². The van der Waals surface area contributed by atoms with Crippen LogP contribution in [0.1, 0.15) is 11.1 Å². The zero-order valence-corrected chi connectivity index (χ0v) is 11.4. The molecular formula is C16H10F2N4. The number of aromatic nitrogens is 3. The Kier molecular flexibility index (Phi) is 3.62. The van der Waals surface area contributed by atoms with Gasteiger partial charge in [0.25, 0.3) is 0 Å². The second-order valence-corrected chi connectivity index (χ2v) is 4.72. The molecule has 0 atom stereocenters. The second kappa shape index (κ2) is 5.74. The topological polar surface area (TPSA) is 54.5 Å². The van der Waals surface area contributed by atoms with Crippen molar-refractivity contribution in [2.24, 2.45) is 0 Å². The van der Waals surface area contributed by atoms with Crippen LogP contribution < -0.4 is 0 Å². The SMILES string of the molecule is N#Cc1cccc(Cn2nncc2-c2ccc(F)c(F)c2)c1. The van der Waals surface area contributed by atoms with Crippen molar-refractivity contribution < 1.29 is 8.78 Å². The van der Waals surface area contributed by atoms with Gasteiger partial charge in [0.15, 0.2) is 11.6 Å². The van der Waals surface area contributed by atoms with Crippen molar-refractivity contribution >= 4 is 0 Å². The molecule has 3 aromatic rings. The Morgan fingerprint density at radius 2 is 1.95 bits per heavy atom. The van der Waals surface area contributed by atoms with E-state index in [4.69, 9.17) is 5.26 Å². The minimum absolute atomic E-state index is 0.379. The largest absolute Gasteiger partial charge is 0.240 e. The van der Waals surface area contributed by atoms with Crippen molar-refractivity contribution in [2.45, 2.75) is 6.54 Å². The molecule has 0 amide bonds. The van der Waals surface area contributed by atoms with Crippen LogP contribution >= 0.6 is 0 Å². The van der Waals surface area contributed by atoms with E-state index < -0.39 is 11.6 Å². The summed E-state index contributed by atoms with van der Waals surface area (Å²) in [6.07, 6.45) is 1.49. The molecule has 0 spiro atoms. The highest BCUT2D eigenvalue weighted by Crippen LogP contribution is 2.21. The quantitative estimate of drug-likeness (QED) is 0.746. The molecule has 108 valence electrons. The molecule has 0 saturated heterocycles. The number of nitriles is 1. The van der Waals surface area contributed by atoms with Crippen molar-refractivity contribution in [2.75, 3.05) is 0 Å². The summed E-state index contributed by atoms with van der Waals surface area (Å²) in [6.45, 7) is 0.379. The van der Waals surface area contributed by atoms with Gasteiger partial charge in [0, 0.05) is 5.56 Å². The molecule has 3 rings (SSSR count). The molecule has 0 fully saturated rings. The van der Waals surface area contributed by atoms with Crippen LogP contribution in [0.5, 0.6) is 0 Å². The number of halogens is 2. The number of hydrogen-bond acceptors (Lipinski definition) is 3. The highest BCUT2D eigenvalue weighted by atomic mass is 19.2. The molecule has 0 aliphatic rings. The van der Waals surface area contributed by atoms with Crippen LogP contribution in [-0.2, 0) is 6.54 Å². The minimum Gasteiger partial charge on any atom is -0.240 e. The molecule has 0 aliphatic carbocycles. The molecule has 4 nitrogen and oxygen atoms in total. The molecule has 1 heterocycles. The van der Waals surface area contributed by atoms with Gasteiger partial charge >= 0.3 is 0 Å². The Balaban J connectivity index is 1.95. The van der Waals surface area contributed by atoms with Crippen LogP contribution in [0, 0.1) is 23.0 Å². The zero-order chi connectivity index (χ0) is 15.5. The normalized spacial score (nSPS) is 10.4. The summed E-state index contributed by atoms with van der Waals surface area (Å²) in [5.41, 5.74) is 2.47. The standard InChI is InChI=1S/C16H10F2N4/c17-14-5-4-13(7-15(14)18)16-9-20-21-22(16)10-12-3-1-2-11(6-12)8-19/h1-7,9H,10H2. The molecule has 0 unspecified atom stereocenters. The van der Waals surface area contributed by atoms with Crippen molar-refractivity contribution in [3.8, 4) is 17.3 Å². The Hall–Kier alpha value is -3.07. The van der Waals surface area contributed by atoms with E-state index in [1.165, 1.54) is 12.3 Å². The van der Waals surface area contributed by atoms with Gasteiger partial charge in [-0.15, -0.1) is 5.10 Å². The van der Waals surface area contributed by atoms with Gasteiger partial charge in [-0.1, -0.05) is 17.3 Å². The number of rotatable bonds is 3. The maximum atomic E-state index is 13.4. The molecule has 2 aromatic carbocycles. The molecule has 0 aliphatic heterocycles. The third kappa shape index (κ3) is 2.69. The summed E-state index contributed by atoms with van der Waals surface area (Å²) >= 11 is 0. The Bertz CT molecular complexity index is 865. The van der Waals surface area contributed by atoms with Crippen molar-refractivity contribution in [1.29, 1.82) is 5.26 Å². The zero-order valence-electron chi connectivity index (χ0n) is 11.4. The van der Waals surface area contributed by atoms with Gasteiger partial charge in [-0.05, 0) is 35.9 Å². The first kappa shape index (κ1) is 13.9. The predicted molar refractivity (Wildman–Crippen MR) is 75.6 cm³/mol. The van der Waals surface area contributed by atoms with E-state index in [-0.39, 0.29) is 0 Å². The summed E-state index contributed by atoms with van der Waals surface area (Å²) in [4.78, 5) is 0. The molecule has 6 heteroatoms. The summed E-state index contributed by atoms with van der Waals surface area (Å²) < 4.78 is 28.0. The fraction of sp³-hybridized carbons (Fsp3) is 0.0625. The van der Waals surface area contributed by atoms with Gasteiger partial charge in [0.05, 0.1) is 30.1 Å². The van der Waals surface area contributed by atoms with Crippen LogP contribution in [0.15, 0.2) is 48.7 Å². The van der Waals surface area contributed by atoms with Crippen molar-refractivity contribution in [1.82, 2.24) is 15.0 Å². The lowest BCUT2D eigenvalue weighted by molar-refractivity contribution is 0.509. The second-order valence-electron chi connectivity index (χ2n) is 4.72. The van der Waals surface area contributed by atoms with E-state index in [0.717, 1.165) is 17.7 Å². The Morgan fingerprint density at radius 1 is 1.09 bits per heavy atom. The lowest BCUT2D eigenvalue weighted by atomic mass is 10.1. The van der Waals surface area contributed by atoms with Crippen LogP contribution in [0.3, 0.4) is 0 Å². The first-order valence-electron chi connectivity index (χ1n) is 6.50. The summed E-state index contributed by atoms with van der Waals surface area (Å²) in [5.74, 6) is -1.82. The van der Waals surface area contributed by atoms with Gasteiger partial charge in [-0.2, -0.15) is 5.26 Å². The van der Waals surface area contributed by atoms with Crippen LogP contribution in [0.2, 0.25) is 0 Å². The summed E-state index contributed by atoms with van der Waals surface area (Å²) in [5, 5.41) is 16.7. The van der Waals surface area contributed by atoms with Gasteiger partial charge < -0.3 is 0 Å². The van der Waals surface area contributed by atoms with Crippen LogP contribution in [-0.4, -0.2) is 15.0 Å². The van der Waals surface area contributed by atoms with Gasteiger partial charge in [-0.25, -0.2) is 13.5 Å². The maximum absolute atomic E-state index is 13.4. The lowest BCUT2D eigenvalue weighted by Crippen LogP contribution is -2.04. The van der Waals surface area contributed by atoms with Crippen molar-refractivity contribution in [3.05, 3.63) is 71.4 Å². The highest BCUT2D eigenvalue weighted by molar-refractivity contribution is 5.58. The monoisotopic (exact) mass is 296 g/mol. The van der Waals surface area contributed by atoms with E-state index >= 15 is 0 Å². The molecule has 22 heavy (non-hydrogen) atoms. The van der Waals surface area contributed by atoms with E-state index in [1.54, 1.807) is 22.9 Å². The van der Waals surface area contributed by atoms with E-state index in [2.05, 4.69) is 16.4 Å². The van der Waals surface area contributed by atoms with Gasteiger partial charge in [0.1, 0.15) is 0 Å². The lowest BCUT2D eigenvalue weighted by Gasteiger charge is -2.07. The fourth-order valence-electron chi connectivity index (χ4n) is 2.17. The first-order chi connectivity index (χ1) is 10.7. The third-order valence-electron chi connectivity index (χ3n) is 3.22. The molecule has 0 N–H and O–H groups in total. The van der Waals surface area contributed by atoms with Gasteiger partial charge in [-0.3, -0.25) is 0 Å². The number of hydrogen-bond donors (Lipinski definition) is 0. The van der Waals surface area contributed by atoms with E-state index in [1.807, 2.05) is 6.07 Å². The number of nitrogens with zero attached hydrogens (tertiary/aromatic N) is 4. The first-order valence-corrected chi connectivity index (χ1v) is 6.50. The summed E-state index contributed by atoms with van der Waals surface area (Å²) in [7, 11) is 0.